The molecule has 2 amide bonds. The van der Waals surface area contributed by atoms with Crippen molar-refractivity contribution in [2.24, 2.45) is 0 Å². The van der Waals surface area contributed by atoms with Gasteiger partial charge in [0.1, 0.15) is 0 Å². The number of piperidine rings is 1. The molecule has 0 aromatic heterocycles. The molecule has 0 radical (unpaired) electrons. The van der Waals surface area contributed by atoms with Crippen LogP contribution in [0.1, 0.15) is 43.5 Å². The molecule has 0 saturated carbocycles. The summed E-state index contributed by atoms with van der Waals surface area (Å²) in [5, 5.41) is 2.93. The van der Waals surface area contributed by atoms with Gasteiger partial charge in [-0.05, 0) is 51.3 Å². The van der Waals surface area contributed by atoms with E-state index in [2.05, 4.69) is 5.32 Å². The third-order valence-electron chi connectivity index (χ3n) is 4.42. The van der Waals surface area contributed by atoms with E-state index >= 15 is 0 Å². The molecule has 2 rings (SSSR count). The van der Waals surface area contributed by atoms with Crippen molar-refractivity contribution in [3.63, 3.8) is 0 Å². The van der Waals surface area contributed by atoms with E-state index in [1.165, 1.54) is 24.2 Å². The van der Waals surface area contributed by atoms with E-state index in [0.29, 0.717) is 30.9 Å². The van der Waals surface area contributed by atoms with E-state index in [1.807, 2.05) is 26.0 Å². The van der Waals surface area contributed by atoms with Gasteiger partial charge in [-0.25, -0.2) is 0 Å². The van der Waals surface area contributed by atoms with Crippen molar-refractivity contribution in [1.29, 1.82) is 0 Å². The summed E-state index contributed by atoms with van der Waals surface area (Å²) < 4.78 is 0. The quantitative estimate of drug-likeness (QED) is 0.827. The van der Waals surface area contributed by atoms with Gasteiger partial charge in [0.15, 0.2) is 6.54 Å². The molecule has 126 valence electrons. The number of amides is 2. The minimum absolute atomic E-state index is 0.00718. The smallest absolute Gasteiger partial charge is 0.279 e. The molecule has 1 aromatic rings. The van der Waals surface area contributed by atoms with Crippen LogP contribution in [0.2, 0.25) is 0 Å². The van der Waals surface area contributed by atoms with Crippen molar-refractivity contribution < 1.29 is 14.5 Å². The van der Waals surface area contributed by atoms with Crippen molar-refractivity contribution in [3.05, 3.63) is 29.8 Å². The molecule has 0 spiro atoms. The summed E-state index contributed by atoms with van der Waals surface area (Å²) in [6, 6.07) is 7.22. The minimum Gasteiger partial charge on any atom is -0.339 e. The second-order valence-corrected chi connectivity index (χ2v) is 6.09. The molecular weight excluding hydrogens is 290 g/mol. The third-order valence-corrected chi connectivity index (χ3v) is 4.42. The summed E-state index contributed by atoms with van der Waals surface area (Å²) in [5.41, 5.74) is 1.32. The SMILES string of the molecule is CCN(CC)C(=O)c1cccc(NC(=O)C[NH+]2CCCCC2)c1. The second kappa shape index (κ2) is 8.67. The van der Waals surface area contributed by atoms with E-state index in [9.17, 15) is 9.59 Å². The minimum atomic E-state index is 0.00718. The summed E-state index contributed by atoms with van der Waals surface area (Å²) >= 11 is 0. The topological polar surface area (TPSA) is 53.9 Å². The average Bonchev–Trinajstić information content (AvgIpc) is 2.57. The predicted molar refractivity (Wildman–Crippen MR) is 91.7 cm³/mol. The van der Waals surface area contributed by atoms with Gasteiger partial charge in [0.25, 0.3) is 11.8 Å². The molecule has 1 aromatic carbocycles. The predicted octanol–water partition coefficient (Wildman–Crippen LogP) is 1.18. The molecule has 0 unspecified atom stereocenters. The lowest BCUT2D eigenvalue weighted by Crippen LogP contribution is -3.13. The first-order valence-corrected chi connectivity index (χ1v) is 8.66. The molecule has 0 bridgehead atoms. The zero-order valence-corrected chi connectivity index (χ0v) is 14.2. The molecule has 1 fully saturated rings. The number of quaternary nitrogens is 1. The summed E-state index contributed by atoms with van der Waals surface area (Å²) in [7, 11) is 0. The Hall–Kier alpha value is -1.88. The number of hydrogen-bond acceptors (Lipinski definition) is 2. The van der Waals surface area contributed by atoms with Gasteiger partial charge in [-0.3, -0.25) is 9.59 Å². The molecular formula is C18H28N3O2+. The summed E-state index contributed by atoms with van der Waals surface area (Å²) in [6.07, 6.45) is 3.69. The molecule has 1 aliphatic rings. The molecule has 23 heavy (non-hydrogen) atoms. The van der Waals surface area contributed by atoms with Crippen molar-refractivity contribution >= 4 is 17.5 Å². The Bertz CT molecular complexity index is 535. The lowest BCUT2D eigenvalue weighted by Gasteiger charge is -2.23. The van der Waals surface area contributed by atoms with Crippen molar-refractivity contribution in [2.45, 2.75) is 33.1 Å². The van der Waals surface area contributed by atoms with E-state index in [1.54, 1.807) is 17.0 Å². The maximum atomic E-state index is 12.4. The molecule has 5 heteroatoms. The van der Waals surface area contributed by atoms with Crippen molar-refractivity contribution in [1.82, 2.24) is 4.90 Å². The van der Waals surface area contributed by atoms with Crippen LogP contribution in [0.4, 0.5) is 5.69 Å². The number of nitrogens with zero attached hydrogens (tertiary/aromatic N) is 1. The largest absolute Gasteiger partial charge is 0.339 e. The Morgan fingerprint density at radius 3 is 2.48 bits per heavy atom. The maximum Gasteiger partial charge on any atom is 0.279 e. The Balaban J connectivity index is 1.96. The van der Waals surface area contributed by atoms with E-state index in [-0.39, 0.29) is 11.8 Å². The van der Waals surface area contributed by atoms with Crippen LogP contribution in [0, 0.1) is 0 Å². The Morgan fingerprint density at radius 2 is 1.83 bits per heavy atom. The highest BCUT2D eigenvalue weighted by Crippen LogP contribution is 2.12. The highest BCUT2D eigenvalue weighted by atomic mass is 16.2. The number of likely N-dealkylation sites (tertiary alicyclic amines) is 1. The molecule has 2 N–H and O–H groups in total. The third kappa shape index (κ3) is 5.06. The summed E-state index contributed by atoms with van der Waals surface area (Å²) in [4.78, 5) is 27.7. The highest BCUT2D eigenvalue weighted by Gasteiger charge is 2.18. The fourth-order valence-corrected chi connectivity index (χ4v) is 3.08. The lowest BCUT2D eigenvalue weighted by atomic mass is 10.1. The monoisotopic (exact) mass is 318 g/mol. The summed E-state index contributed by atoms with van der Waals surface area (Å²) in [5.74, 6) is 0.0297. The number of rotatable bonds is 6. The van der Waals surface area contributed by atoms with E-state index in [4.69, 9.17) is 0 Å². The molecule has 1 aliphatic heterocycles. The number of carbonyl (C=O) groups excluding carboxylic acids is 2. The first-order chi connectivity index (χ1) is 11.1. The van der Waals surface area contributed by atoms with Crippen LogP contribution in [0.25, 0.3) is 0 Å². The van der Waals surface area contributed by atoms with Crippen LogP contribution < -0.4 is 10.2 Å². The van der Waals surface area contributed by atoms with Crippen LogP contribution in [0.15, 0.2) is 24.3 Å². The van der Waals surface area contributed by atoms with Gasteiger partial charge in [0, 0.05) is 24.3 Å². The number of benzene rings is 1. The first kappa shape index (κ1) is 17.5. The van der Waals surface area contributed by atoms with Crippen molar-refractivity contribution in [3.8, 4) is 0 Å². The average molecular weight is 318 g/mol. The standard InChI is InChI=1S/C18H27N3O2/c1-3-21(4-2)18(23)15-9-8-10-16(13-15)19-17(22)14-20-11-6-5-7-12-20/h8-10,13H,3-7,11-12,14H2,1-2H3,(H,19,22)/p+1. The summed E-state index contributed by atoms with van der Waals surface area (Å²) in [6.45, 7) is 7.97. The van der Waals surface area contributed by atoms with E-state index < -0.39 is 0 Å². The fourth-order valence-electron chi connectivity index (χ4n) is 3.08. The van der Waals surface area contributed by atoms with Crippen LogP contribution in [-0.2, 0) is 4.79 Å². The molecule has 5 nitrogen and oxygen atoms in total. The van der Waals surface area contributed by atoms with E-state index in [0.717, 1.165) is 13.1 Å². The number of nitrogens with one attached hydrogen (secondary N) is 2. The molecule has 1 heterocycles. The van der Waals surface area contributed by atoms with Gasteiger partial charge >= 0.3 is 0 Å². The zero-order chi connectivity index (χ0) is 16.7. The van der Waals surface area contributed by atoms with Gasteiger partial charge < -0.3 is 15.1 Å². The zero-order valence-electron chi connectivity index (χ0n) is 14.2. The van der Waals surface area contributed by atoms with Crippen LogP contribution >= 0.6 is 0 Å². The van der Waals surface area contributed by atoms with Gasteiger partial charge in [-0.2, -0.15) is 0 Å². The number of carbonyl (C=O) groups is 2. The van der Waals surface area contributed by atoms with Gasteiger partial charge in [-0.1, -0.05) is 6.07 Å². The Labute approximate surface area is 138 Å². The van der Waals surface area contributed by atoms with Crippen LogP contribution in [-0.4, -0.2) is 49.4 Å². The lowest BCUT2D eigenvalue weighted by molar-refractivity contribution is -0.896. The number of hydrogen-bond donors (Lipinski definition) is 2. The molecule has 0 atom stereocenters. The Kier molecular flexibility index (Phi) is 6.59. The van der Waals surface area contributed by atoms with Gasteiger partial charge in [0.2, 0.25) is 0 Å². The fraction of sp³-hybridized carbons (Fsp3) is 0.556. The molecule has 0 aliphatic carbocycles. The van der Waals surface area contributed by atoms with Gasteiger partial charge in [0.05, 0.1) is 13.1 Å². The highest BCUT2D eigenvalue weighted by molar-refractivity contribution is 5.97. The van der Waals surface area contributed by atoms with Crippen molar-refractivity contribution in [2.75, 3.05) is 38.0 Å². The normalized spacial score (nSPS) is 15.2. The molecule has 1 saturated heterocycles. The maximum absolute atomic E-state index is 12.4. The second-order valence-electron chi connectivity index (χ2n) is 6.09. The Morgan fingerprint density at radius 1 is 1.13 bits per heavy atom. The van der Waals surface area contributed by atoms with Gasteiger partial charge in [-0.15, -0.1) is 0 Å². The first-order valence-electron chi connectivity index (χ1n) is 8.66. The van der Waals surface area contributed by atoms with Crippen LogP contribution in [0.3, 0.4) is 0 Å². The number of anilines is 1. The van der Waals surface area contributed by atoms with Crippen LogP contribution in [0.5, 0.6) is 0 Å².